The lowest BCUT2D eigenvalue weighted by Gasteiger charge is -2.08. The Hall–Kier alpha value is -2.56. The Morgan fingerprint density at radius 2 is 1.59 bits per heavy atom. The number of furan rings is 1. The van der Waals surface area contributed by atoms with Gasteiger partial charge in [0, 0.05) is 16.3 Å². The SMILES string of the molecule is Cc1oc2c(C)c3oc(=O)c(CC(=O)O)c(C)c3cc2c1C. The summed E-state index contributed by atoms with van der Waals surface area (Å²) in [6.45, 7) is 7.45. The predicted molar refractivity (Wildman–Crippen MR) is 82.5 cm³/mol. The fourth-order valence-electron chi connectivity index (χ4n) is 2.85. The van der Waals surface area contributed by atoms with Crippen molar-refractivity contribution in [2.75, 3.05) is 0 Å². The molecule has 0 saturated heterocycles. The largest absolute Gasteiger partial charge is 0.481 e. The number of aryl methyl sites for hydroxylation is 4. The summed E-state index contributed by atoms with van der Waals surface area (Å²) >= 11 is 0. The van der Waals surface area contributed by atoms with Gasteiger partial charge in [0.2, 0.25) is 0 Å². The van der Waals surface area contributed by atoms with E-state index in [1.165, 1.54) is 0 Å². The summed E-state index contributed by atoms with van der Waals surface area (Å²) in [7, 11) is 0. The van der Waals surface area contributed by atoms with E-state index in [1.54, 1.807) is 6.92 Å². The van der Waals surface area contributed by atoms with Gasteiger partial charge in [0.15, 0.2) is 0 Å². The van der Waals surface area contributed by atoms with Gasteiger partial charge in [-0.3, -0.25) is 4.79 Å². The van der Waals surface area contributed by atoms with Crippen LogP contribution in [-0.2, 0) is 11.2 Å². The van der Waals surface area contributed by atoms with Crippen LogP contribution in [0.5, 0.6) is 0 Å². The molecule has 0 fully saturated rings. The van der Waals surface area contributed by atoms with E-state index in [4.69, 9.17) is 13.9 Å². The number of carbonyl (C=O) groups is 1. The zero-order valence-corrected chi connectivity index (χ0v) is 12.9. The van der Waals surface area contributed by atoms with Crippen molar-refractivity contribution in [3.63, 3.8) is 0 Å². The standard InChI is InChI=1S/C17H16O5/c1-7-10(4)21-15-9(3)16-12(5-11(7)15)8(2)13(6-14(18)19)17(20)22-16/h5H,6H2,1-4H3,(H,18,19). The maximum Gasteiger partial charge on any atom is 0.340 e. The van der Waals surface area contributed by atoms with E-state index in [0.29, 0.717) is 16.7 Å². The Kier molecular flexibility index (Phi) is 3.09. The first-order chi connectivity index (χ1) is 10.3. The van der Waals surface area contributed by atoms with E-state index in [0.717, 1.165) is 27.7 Å². The van der Waals surface area contributed by atoms with E-state index in [1.807, 2.05) is 26.8 Å². The highest BCUT2D eigenvalue weighted by molar-refractivity contribution is 6.00. The van der Waals surface area contributed by atoms with Gasteiger partial charge in [0.05, 0.1) is 12.0 Å². The molecule has 0 unspecified atom stereocenters. The van der Waals surface area contributed by atoms with E-state index >= 15 is 0 Å². The Balaban J connectivity index is 2.49. The number of hydrogen-bond donors (Lipinski definition) is 1. The van der Waals surface area contributed by atoms with Crippen LogP contribution in [0.4, 0.5) is 0 Å². The van der Waals surface area contributed by atoms with Crippen LogP contribution in [0.25, 0.3) is 21.9 Å². The van der Waals surface area contributed by atoms with Crippen molar-refractivity contribution in [3.05, 3.63) is 44.5 Å². The van der Waals surface area contributed by atoms with E-state index in [2.05, 4.69) is 0 Å². The second-order valence-corrected chi connectivity index (χ2v) is 5.60. The van der Waals surface area contributed by atoms with Gasteiger partial charge in [0.25, 0.3) is 0 Å². The summed E-state index contributed by atoms with van der Waals surface area (Å²) in [5.41, 5.74) is 3.19. The molecule has 1 aromatic carbocycles. The first-order valence-corrected chi connectivity index (χ1v) is 6.98. The maximum absolute atomic E-state index is 12.1. The highest BCUT2D eigenvalue weighted by Crippen LogP contribution is 2.34. The van der Waals surface area contributed by atoms with E-state index in [-0.39, 0.29) is 12.0 Å². The van der Waals surface area contributed by atoms with Crippen molar-refractivity contribution < 1.29 is 18.7 Å². The van der Waals surface area contributed by atoms with Gasteiger partial charge >= 0.3 is 11.6 Å². The number of hydrogen-bond acceptors (Lipinski definition) is 4. The van der Waals surface area contributed by atoms with Crippen LogP contribution in [-0.4, -0.2) is 11.1 Å². The van der Waals surface area contributed by atoms with Crippen molar-refractivity contribution in [2.24, 2.45) is 0 Å². The number of rotatable bonds is 2. The lowest BCUT2D eigenvalue weighted by atomic mass is 9.99. The molecule has 0 aliphatic carbocycles. The van der Waals surface area contributed by atoms with Gasteiger partial charge in [-0.15, -0.1) is 0 Å². The molecule has 0 radical (unpaired) electrons. The lowest BCUT2D eigenvalue weighted by molar-refractivity contribution is -0.136. The van der Waals surface area contributed by atoms with Crippen molar-refractivity contribution in [3.8, 4) is 0 Å². The summed E-state index contributed by atoms with van der Waals surface area (Å²) in [5.74, 6) is -0.234. The molecule has 3 rings (SSSR count). The van der Waals surface area contributed by atoms with Gasteiger partial charge < -0.3 is 13.9 Å². The third-order valence-electron chi connectivity index (χ3n) is 4.27. The second kappa shape index (κ2) is 4.73. The fourth-order valence-corrected chi connectivity index (χ4v) is 2.85. The minimum atomic E-state index is -1.05. The van der Waals surface area contributed by atoms with Crippen LogP contribution in [0.2, 0.25) is 0 Å². The summed E-state index contributed by atoms with van der Waals surface area (Å²) in [4.78, 5) is 23.0. The van der Waals surface area contributed by atoms with Crippen LogP contribution in [0, 0.1) is 27.7 Å². The van der Waals surface area contributed by atoms with Crippen molar-refractivity contribution in [1.29, 1.82) is 0 Å². The number of benzene rings is 1. The lowest BCUT2D eigenvalue weighted by Crippen LogP contribution is -2.15. The van der Waals surface area contributed by atoms with Crippen molar-refractivity contribution in [2.45, 2.75) is 34.1 Å². The average molecular weight is 300 g/mol. The molecular weight excluding hydrogens is 284 g/mol. The average Bonchev–Trinajstić information content (AvgIpc) is 2.73. The Labute approximate surface area is 126 Å². The number of carboxylic acids is 1. The van der Waals surface area contributed by atoms with Gasteiger partial charge in [0.1, 0.15) is 16.9 Å². The van der Waals surface area contributed by atoms with Crippen LogP contribution >= 0.6 is 0 Å². The van der Waals surface area contributed by atoms with Crippen LogP contribution < -0.4 is 5.63 Å². The Morgan fingerprint density at radius 3 is 2.23 bits per heavy atom. The Bertz CT molecular complexity index is 988. The van der Waals surface area contributed by atoms with Gasteiger partial charge in [-0.1, -0.05) is 0 Å². The van der Waals surface area contributed by atoms with Crippen molar-refractivity contribution >= 4 is 27.9 Å². The fraction of sp³-hybridized carbons (Fsp3) is 0.294. The minimum absolute atomic E-state index is 0.191. The molecule has 0 bridgehead atoms. The molecule has 22 heavy (non-hydrogen) atoms. The number of carboxylic acid groups (broad SMARTS) is 1. The molecule has 1 N–H and O–H groups in total. The molecule has 0 amide bonds. The smallest absolute Gasteiger partial charge is 0.340 e. The number of aliphatic carboxylic acids is 1. The zero-order valence-electron chi connectivity index (χ0n) is 12.9. The third-order valence-corrected chi connectivity index (χ3v) is 4.27. The highest BCUT2D eigenvalue weighted by atomic mass is 16.4. The second-order valence-electron chi connectivity index (χ2n) is 5.60. The summed E-state index contributed by atoms with van der Waals surface area (Å²) < 4.78 is 11.1. The maximum atomic E-state index is 12.1. The Morgan fingerprint density at radius 1 is 1.00 bits per heavy atom. The molecule has 0 saturated carbocycles. The van der Waals surface area contributed by atoms with Gasteiger partial charge in [-0.25, -0.2) is 4.79 Å². The molecule has 0 aliphatic heterocycles. The molecular formula is C17H16O5. The first kappa shape index (κ1) is 14.4. The van der Waals surface area contributed by atoms with Gasteiger partial charge in [-0.05, 0) is 44.9 Å². The monoisotopic (exact) mass is 300 g/mol. The van der Waals surface area contributed by atoms with Crippen molar-refractivity contribution in [1.82, 2.24) is 0 Å². The van der Waals surface area contributed by atoms with Crippen LogP contribution in [0.15, 0.2) is 19.7 Å². The molecule has 2 aromatic heterocycles. The van der Waals surface area contributed by atoms with Crippen LogP contribution in [0.1, 0.15) is 28.0 Å². The molecule has 2 heterocycles. The third kappa shape index (κ3) is 1.93. The molecule has 0 aliphatic rings. The topological polar surface area (TPSA) is 80.7 Å². The first-order valence-electron chi connectivity index (χ1n) is 6.98. The predicted octanol–water partition coefficient (Wildman–Crippen LogP) is 3.40. The molecule has 0 atom stereocenters. The molecule has 3 aromatic rings. The minimum Gasteiger partial charge on any atom is -0.481 e. The normalized spacial score (nSPS) is 11.5. The molecule has 5 heteroatoms. The number of fused-ring (bicyclic) bond motifs is 2. The summed E-state index contributed by atoms with van der Waals surface area (Å²) in [6.07, 6.45) is -0.343. The quantitative estimate of drug-likeness (QED) is 0.734. The summed E-state index contributed by atoms with van der Waals surface area (Å²) in [6, 6.07) is 1.91. The highest BCUT2D eigenvalue weighted by Gasteiger charge is 2.19. The van der Waals surface area contributed by atoms with E-state index < -0.39 is 11.6 Å². The zero-order chi connectivity index (χ0) is 16.2. The van der Waals surface area contributed by atoms with E-state index in [9.17, 15) is 9.59 Å². The molecule has 5 nitrogen and oxygen atoms in total. The molecule has 114 valence electrons. The van der Waals surface area contributed by atoms with Crippen LogP contribution in [0.3, 0.4) is 0 Å². The summed E-state index contributed by atoms with van der Waals surface area (Å²) in [5, 5.41) is 10.7. The molecule has 0 spiro atoms. The van der Waals surface area contributed by atoms with Gasteiger partial charge in [-0.2, -0.15) is 0 Å².